The van der Waals surface area contributed by atoms with Crippen molar-refractivity contribution in [3.63, 3.8) is 0 Å². The first kappa shape index (κ1) is 15.6. The lowest BCUT2D eigenvalue weighted by atomic mass is 9.95. The number of rotatable bonds is 2. The maximum atomic E-state index is 12.6. The van der Waals surface area contributed by atoms with E-state index in [2.05, 4.69) is 15.5 Å². The van der Waals surface area contributed by atoms with E-state index < -0.39 is 0 Å². The Kier molecular flexibility index (Phi) is 4.86. The molecular formula is C15H23ClN4O2. The number of carbonyl (C=O) groups is 1. The highest BCUT2D eigenvalue weighted by atomic mass is 35.5. The van der Waals surface area contributed by atoms with Crippen molar-refractivity contribution in [1.82, 2.24) is 20.4 Å². The van der Waals surface area contributed by atoms with Crippen LogP contribution < -0.4 is 5.32 Å². The third-order valence-corrected chi connectivity index (χ3v) is 5.01. The van der Waals surface area contributed by atoms with E-state index in [1.807, 2.05) is 4.90 Å². The number of carbonyl (C=O) groups excluding carboxylic acids is 1. The molecular weight excluding hydrogens is 304 g/mol. The van der Waals surface area contributed by atoms with Crippen molar-refractivity contribution in [3.8, 4) is 0 Å². The van der Waals surface area contributed by atoms with Crippen molar-refractivity contribution in [2.24, 2.45) is 0 Å². The lowest BCUT2D eigenvalue weighted by Gasteiger charge is -2.35. The molecule has 1 atom stereocenters. The molecule has 2 amide bonds. The number of halogens is 1. The third-order valence-electron chi connectivity index (χ3n) is 4.57. The Hall–Kier alpha value is -1.30. The number of amides is 2. The van der Waals surface area contributed by atoms with Crippen molar-refractivity contribution < 1.29 is 9.21 Å². The topological polar surface area (TPSA) is 71.3 Å². The van der Waals surface area contributed by atoms with Crippen LogP contribution in [-0.2, 0) is 0 Å². The van der Waals surface area contributed by atoms with Gasteiger partial charge in [-0.1, -0.05) is 0 Å². The van der Waals surface area contributed by atoms with Crippen LogP contribution in [0.3, 0.4) is 0 Å². The highest BCUT2D eigenvalue weighted by Gasteiger charge is 2.33. The minimum atomic E-state index is -0.0979. The zero-order chi connectivity index (χ0) is 15.5. The number of hydrogen-bond acceptors (Lipinski definition) is 4. The molecule has 0 aromatic carbocycles. The van der Waals surface area contributed by atoms with Gasteiger partial charge >= 0.3 is 6.03 Å². The second-order valence-electron chi connectivity index (χ2n) is 6.26. The first-order valence-electron chi connectivity index (χ1n) is 8.14. The zero-order valence-electron chi connectivity index (χ0n) is 12.9. The molecule has 0 spiro atoms. The predicted molar refractivity (Wildman–Crippen MR) is 82.8 cm³/mol. The van der Waals surface area contributed by atoms with Crippen molar-refractivity contribution in [2.45, 2.75) is 69.3 Å². The van der Waals surface area contributed by atoms with Crippen LogP contribution in [0.5, 0.6) is 0 Å². The molecule has 1 N–H and O–H groups in total. The van der Waals surface area contributed by atoms with E-state index in [9.17, 15) is 4.79 Å². The van der Waals surface area contributed by atoms with Crippen LogP contribution in [0, 0.1) is 6.92 Å². The second kappa shape index (κ2) is 6.86. The van der Waals surface area contributed by atoms with Crippen LogP contribution in [-0.4, -0.2) is 39.1 Å². The second-order valence-corrected chi connectivity index (χ2v) is 6.88. The van der Waals surface area contributed by atoms with E-state index in [1.165, 1.54) is 0 Å². The Labute approximate surface area is 135 Å². The first-order valence-corrected chi connectivity index (χ1v) is 8.58. The van der Waals surface area contributed by atoms with E-state index in [0.717, 1.165) is 51.5 Å². The number of nitrogens with zero attached hydrogens (tertiary/aromatic N) is 3. The standard InChI is InChI=1S/C15H23ClN4O2/c1-10-18-19-14(22-10)13-4-2-3-9-20(13)15(21)17-12-7-5-11(16)6-8-12/h11-13H,2-9H2,1H3,(H,17,21). The van der Waals surface area contributed by atoms with Gasteiger partial charge in [-0.2, -0.15) is 0 Å². The van der Waals surface area contributed by atoms with Gasteiger partial charge in [0.2, 0.25) is 11.8 Å². The molecule has 2 heterocycles. The molecule has 2 fully saturated rings. The maximum absolute atomic E-state index is 12.6. The van der Waals surface area contributed by atoms with Gasteiger partial charge in [0.05, 0.1) is 0 Å². The molecule has 1 aliphatic carbocycles. The van der Waals surface area contributed by atoms with Gasteiger partial charge in [-0.3, -0.25) is 0 Å². The van der Waals surface area contributed by atoms with Gasteiger partial charge in [0.25, 0.3) is 0 Å². The fourth-order valence-corrected chi connectivity index (χ4v) is 3.58. The number of aromatic nitrogens is 2. The monoisotopic (exact) mass is 326 g/mol. The molecule has 1 saturated carbocycles. The zero-order valence-corrected chi connectivity index (χ0v) is 13.7. The van der Waals surface area contributed by atoms with Crippen molar-refractivity contribution >= 4 is 17.6 Å². The Morgan fingerprint density at radius 2 is 2.00 bits per heavy atom. The maximum Gasteiger partial charge on any atom is 0.318 e. The van der Waals surface area contributed by atoms with Gasteiger partial charge in [0.15, 0.2) is 0 Å². The van der Waals surface area contributed by atoms with E-state index in [4.69, 9.17) is 16.0 Å². The van der Waals surface area contributed by atoms with Crippen LogP contribution in [0.1, 0.15) is 62.8 Å². The summed E-state index contributed by atoms with van der Waals surface area (Å²) in [6, 6.07) is 0.118. The number of piperidine rings is 1. The summed E-state index contributed by atoms with van der Waals surface area (Å²) in [5, 5.41) is 11.4. The molecule has 2 aliphatic rings. The Bertz CT molecular complexity index is 513. The summed E-state index contributed by atoms with van der Waals surface area (Å²) in [4.78, 5) is 14.5. The fourth-order valence-electron chi connectivity index (χ4n) is 3.33. The van der Waals surface area contributed by atoms with Gasteiger partial charge in [0.1, 0.15) is 6.04 Å². The molecule has 1 aliphatic heterocycles. The third kappa shape index (κ3) is 3.54. The SMILES string of the molecule is Cc1nnc(C2CCCCN2C(=O)NC2CCC(Cl)CC2)o1. The number of alkyl halides is 1. The lowest BCUT2D eigenvalue weighted by Crippen LogP contribution is -2.49. The summed E-state index contributed by atoms with van der Waals surface area (Å²) in [5.41, 5.74) is 0. The van der Waals surface area contributed by atoms with Gasteiger partial charge in [0, 0.05) is 24.9 Å². The summed E-state index contributed by atoms with van der Waals surface area (Å²) in [6.45, 7) is 2.51. The van der Waals surface area contributed by atoms with Gasteiger partial charge in [-0.25, -0.2) is 4.79 Å². The lowest BCUT2D eigenvalue weighted by molar-refractivity contribution is 0.131. The Balaban J connectivity index is 1.64. The van der Waals surface area contributed by atoms with Gasteiger partial charge in [-0.05, 0) is 44.9 Å². The van der Waals surface area contributed by atoms with Crippen LogP contribution >= 0.6 is 11.6 Å². The van der Waals surface area contributed by atoms with E-state index in [1.54, 1.807) is 6.92 Å². The van der Waals surface area contributed by atoms with E-state index in [0.29, 0.717) is 11.8 Å². The Morgan fingerprint density at radius 1 is 1.23 bits per heavy atom. The molecule has 0 bridgehead atoms. The van der Waals surface area contributed by atoms with E-state index in [-0.39, 0.29) is 23.5 Å². The van der Waals surface area contributed by atoms with Crippen molar-refractivity contribution in [2.75, 3.05) is 6.54 Å². The average Bonchev–Trinajstić information content (AvgIpc) is 2.96. The quantitative estimate of drug-likeness (QED) is 0.847. The van der Waals surface area contributed by atoms with E-state index >= 15 is 0 Å². The fraction of sp³-hybridized carbons (Fsp3) is 0.800. The average molecular weight is 327 g/mol. The van der Waals surface area contributed by atoms with Crippen molar-refractivity contribution in [1.29, 1.82) is 0 Å². The predicted octanol–water partition coefficient (Wildman–Crippen LogP) is 3.16. The first-order chi connectivity index (χ1) is 10.6. The molecule has 0 radical (unpaired) electrons. The van der Waals surface area contributed by atoms with Crippen LogP contribution in [0.4, 0.5) is 4.79 Å². The number of aryl methyl sites for hydroxylation is 1. The summed E-state index contributed by atoms with van der Waals surface area (Å²) in [6.07, 6.45) is 6.83. The van der Waals surface area contributed by atoms with Gasteiger partial charge < -0.3 is 14.6 Å². The normalized spacial score (nSPS) is 29.4. The molecule has 1 saturated heterocycles. The van der Waals surface area contributed by atoms with Crippen LogP contribution in [0.25, 0.3) is 0 Å². The number of urea groups is 1. The molecule has 1 aromatic heterocycles. The number of hydrogen-bond donors (Lipinski definition) is 1. The Morgan fingerprint density at radius 3 is 2.68 bits per heavy atom. The molecule has 1 unspecified atom stereocenters. The summed E-state index contributed by atoms with van der Waals surface area (Å²) < 4.78 is 5.55. The molecule has 3 rings (SSSR count). The molecule has 22 heavy (non-hydrogen) atoms. The summed E-state index contributed by atoms with van der Waals surface area (Å²) in [7, 11) is 0. The smallest absolute Gasteiger partial charge is 0.318 e. The highest BCUT2D eigenvalue weighted by molar-refractivity contribution is 6.20. The number of nitrogens with one attached hydrogen (secondary N) is 1. The minimum absolute atomic E-state index is 0.0152. The van der Waals surface area contributed by atoms with Crippen molar-refractivity contribution in [3.05, 3.63) is 11.8 Å². The molecule has 1 aromatic rings. The van der Waals surface area contributed by atoms with Crippen LogP contribution in [0.15, 0.2) is 4.42 Å². The summed E-state index contributed by atoms with van der Waals surface area (Å²) >= 11 is 6.12. The molecule has 6 nitrogen and oxygen atoms in total. The highest BCUT2D eigenvalue weighted by Crippen LogP contribution is 2.30. The number of likely N-dealkylation sites (tertiary alicyclic amines) is 1. The van der Waals surface area contributed by atoms with Crippen LogP contribution in [0.2, 0.25) is 0 Å². The summed E-state index contributed by atoms with van der Waals surface area (Å²) in [5.74, 6) is 1.10. The largest absolute Gasteiger partial charge is 0.423 e. The molecule has 7 heteroatoms. The molecule has 122 valence electrons. The minimum Gasteiger partial charge on any atom is -0.423 e. The van der Waals surface area contributed by atoms with Gasteiger partial charge in [-0.15, -0.1) is 21.8 Å².